The normalized spacial score (nSPS) is 10.9. The highest BCUT2D eigenvalue weighted by Gasteiger charge is 2.23. The van der Waals surface area contributed by atoms with E-state index in [1.165, 1.54) is 10.9 Å². The Labute approximate surface area is 168 Å². The minimum absolute atomic E-state index is 0.126. The molecule has 0 unspecified atom stereocenters. The van der Waals surface area contributed by atoms with Gasteiger partial charge in [0.25, 0.3) is 0 Å². The van der Waals surface area contributed by atoms with Crippen molar-refractivity contribution in [3.8, 4) is 5.82 Å². The molecule has 2 aromatic heterocycles. The van der Waals surface area contributed by atoms with Crippen molar-refractivity contribution in [1.82, 2.24) is 14.8 Å². The first kappa shape index (κ1) is 20.3. The number of anilines is 1. The van der Waals surface area contributed by atoms with Crippen LogP contribution in [0.15, 0.2) is 36.5 Å². The molecule has 0 saturated heterocycles. The van der Waals surface area contributed by atoms with E-state index in [1.54, 1.807) is 6.92 Å². The average molecular weight is 396 g/mol. The number of carbonyl (C=O) groups is 2. The number of nitrogens with one attached hydrogen (secondary N) is 1. The summed E-state index contributed by atoms with van der Waals surface area (Å²) in [6.45, 7) is 8.00. The summed E-state index contributed by atoms with van der Waals surface area (Å²) in [5.41, 5.74) is 1.90. The number of aromatic nitrogens is 3. The van der Waals surface area contributed by atoms with Gasteiger partial charge in [-0.3, -0.25) is 5.32 Å². The lowest BCUT2D eigenvalue weighted by molar-refractivity contribution is 0.0527. The number of aryl methyl sites for hydroxylation is 1. The Kier molecular flexibility index (Phi) is 6.11. The van der Waals surface area contributed by atoms with Crippen molar-refractivity contribution in [2.75, 3.05) is 18.5 Å². The molecule has 0 aliphatic heterocycles. The fourth-order valence-corrected chi connectivity index (χ4v) is 2.82. The average Bonchev–Trinajstić information content (AvgIpc) is 3.10. The molecule has 2 heterocycles. The number of esters is 1. The van der Waals surface area contributed by atoms with Crippen LogP contribution < -0.4 is 5.32 Å². The lowest BCUT2D eigenvalue weighted by atomic mass is 10.1. The molecule has 1 amide bonds. The van der Waals surface area contributed by atoms with Crippen LogP contribution in [0.2, 0.25) is 0 Å². The van der Waals surface area contributed by atoms with E-state index in [4.69, 9.17) is 9.47 Å². The number of hydrogen-bond donors (Lipinski definition) is 1. The Morgan fingerprint density at radius 1 is 1.21 bits per heavy atom. The Morgan fingerprint density at radius 3 is 2.69 bits per heavy atom. The first-order valence-electron chi connectivity index (χ1n) is 9.46. The number of hydrogen-bond acceptors (Lipinski definition) is 6. The molecule has 0 atom stereocenters. The van der Waals surface area contributed by atoms with Gasteiger partial charge in [-0.05, 0) is 37.5 Å². The number of ether oxygens (including phenoxy) is 2. The number of carbonyl (C=O) groups excluding carboxylic acids is 2. The number of para-hydroxylation sites is 1. The van der Waals surface area contributed by atoms with Crippen LogP contribution in [-0.4, -0.2) is 40.0 Å². The lowest BCUT2D eigenvalue weighted by Gasteiger charge is -2.13. The summed E-state index contributed by atoms with van der Waals surface area (Å²) in [6.07, 6.45) is 0.672. The largest absolute Gasteiger partial charge is 0.462 e. The topological polar surface area (TPSA) is 95.3 Å². The molecule has 0 spiro atoms. The highest BCUT2D eigenvalue weighted by molar-refractivity contribution is 5.99. The van der Waals surface area contributed by atoms with E-state index in [0.29, 0.717) is 5.82 Å². The summed E-state index contributed by atoms with van der Waals surface area (Å²) in [5.74, 6) is 0.214. The number of benzene rings is 1. The van der Waals surface area contributed by atoms with Gasteiger partial charge < -0.3 is 9.47 Å². The van der Waals surface area contributed by atoms with Crippen molar-refractivity contribution in [3.63, 3.8) is 0 Å². The van der Waals surface area contributed by atoms with Gasteiger partial charge >= 0.3 is 12.1 Å². The summed E-state index contributed by atoms with van der Waals surface area (Å²) >= 11 is 0. The Hall–Kier alpha value is -3.42. The molecule has 0 radical (unpaired) electrons. The van der Waals surface area contributed by atoms with Gasteiger partial charge in [-0.2, -0.15) is 9.78 Å². The van der Waals surface area contributed by atoms with Gasteiger partial charge in [0.1, 0.15) is 5.56 Å². The Balaban J connectivity index is 2.04. The molecule has 0 aliphatic carbocycles. The molecule has 8 nitrogen and oxygen atoms in total. The fraction of sp³-hybridized carbons (Fsp3) is 0.333. The molecule has 29 heavy (non-hydrogen) atoms. The molecule has 3 rings (SSSR count). The predicted molar refractivity (Wildman–Crippen MR) is 109 cm³/mol. The number of rotatable bonds is 6. The quantitative estimate of drug-likeness (QED) is 0.630. The van der Waals surface area contributed by atoms with Crippen molar-refractivity contribution in [1.29, 1.82) is 0 Å². The van der Waals surface area contributed by atoms with Crippen molar-refractivity contribution >= 4 is 28.8 Å². The fourth-order valence-electron chi connectivity index (χ4n) is 2.82. The molecule has 0 aliphatic rings. The second-order valence-electron chi connectivity index (χ2n) is 6.97. The van der Waals surface area contributed by atoms with Gasteiger partial charge in [0.15, 0.2) is 11.6 Å². The molecular weight excluding hydrogens is 372 g/mol. The van der Waals surface area contributed by atoms with E-state index in [-0.39, 0.29) is 30.5 Å². The standard InChI is InChI=1S/C21H24N4O4/c1-5-28-20(26)16-11-22-25(19(16)24-21(27)29-12-13(2)3)18-10-14(4)15-8-6-7-9-17(15)23-18/h6-11,13H,5,12H2,1-4H3,(H,24,27). The maximum absolute atomic E-state index is 12.3. The van der Waals surface area contributed by atoms with E-state index < -0.39 is 12.1 Å². The SMILES string of the molecule is CCOC(=O)c1cnn(-c2cc(C)c3ccccc3n2)c1NC(=O)OCC(C)C. The minimum atomic E-state index is -0.677. The highest BCUT2D eigenvalue weighted by atomic mass is 16.5. The van der Waals surface area contributed by atoms with Gasteiger partial charge in [-0.25, -0.2) is 14.6 Å². The van der Waals surface area contributed by atoms with Crippen LogP contribution in [0.5, 0.6) is 0 Å². The van der Waals surface area contributed by atoms with Crippen LogP contribution in [0.3, 0.4) is 0 Å². The molecule has 3 aromatic rings. The summed E-state index contributed by atoms with van der Waals surface area (Å²) in [5, 5.41) is 7.90. The van der Waals surface area contributed by atoms with Gasteiger partial charge in [0, 0.05) is 5.39 Å². The maximum Gasteiger partial charge on any atom is 0.412 e. The highest BCUT2D eigenvalue weighted by Crippen LogP contribution is 2.24. The first-order chi connectivity index (χ1) is 13.9. The van der Waals surface area contributed by atoms with Crippen molar-refractivity contribution in [2.45, 2.75) is 27.7 Å². The van der Waals surface area contributed by atoms with Gasteiger partial charge in [-0.15, -0.1) is 0 Å². The van der Waals surface area contributed by atoms with E-state index in [9.17, 15) is 9.59 Å². The molecule has 8 heteroatoms. The third-order valence-corrected chi connectivity index (χ3v) is 4.16. The van der Waals surface area contributed by atoms with Gasteiger partial charge in [0.05, 0.1) is 24.9 Å². The zero-order chi connectivity index (χ0) is 21.0. The van der Waals surface area contributed by atoms with Crippen molar-refractivity contribution in [2.24, 2.45) is 5.92 Å². The smallest absolute Gasteiger partial charge is 0.412 e. The molecule has 0 bridgehead atoms. The molecule has 1 N–H and O–H groups in total. The zero-order valence-corrected chi connectivity index (χ0v) is 16.9. The van der Waals surface area contributed by atoms with Crippen LogP contribution in [-0.2, 0) is 9.47 Å². The number of amides is 1. The van der Waals surface area contributed by atoms with E-state index in [2.05, 4.69) is 15.4 Å². The van der Waals surface area contributed by atoms with Gasteiger partial charge in [0.2, 0.25) is 0 Å². The Morgan fingerprint density at radius 2 is 1.97 bits per heavy atom. The number of pyridine rings is 1. The second kappa shape index (κ2) is 8.72. The molecular formula is C21H24N4O4. The summed E-state index contributed by atoms with van der Waals surface area (Å²) in [6, 6.07) is 9.56. The lowest BCUT2D eigenvalue weighted by Crippen LogP contribution is -2.21. The molecule has 0 saturated carbocycles. The zero-order valence-electron chi connectivity index (χ0n) is 16.9. The van der Waals surface area contributed by atoms with Crippen LogP contribution in [0.1, 0.15) is 36.7 Å². The van der Waals surface area contributed by atoms with Crippen molar-refractivity contribution in [3.05, 3.63) is 47.7 Å². The first-order valence-corrected chi connectivity index (χ1v) is 9.46. The minimum Gasteiger partial charge on any atom is -0.462 e. The van der Waals surface area contributed by atoms with Gasteiger partial charge in [-0.1, -0.05) is 32.0 Å². The van der Waals surface area contributed by atoms with Crippen molar-refractivity contribution < 1.29 is 19.1 Å². The molecule has 152 valence electrons. The monoisotopic (exact) mass is 396 g/mol. The van der Waals surface area contributed by atoms with Crippen LogP contribution in [0, 0.1) is 12.8 Å². The van der Waals surface area contributed by atoms with Crippen LogP contribution >= 0.6 is 0 Å². The maximum atomic E-state index is 12.3. The van der Waals surface area contributed by atoms with E-state index in [0.717, 1.165) is 16.5 Å². The summed E-state index contributed by atoms with van der Waals surface area (Å²) < 4.78 is 11.7. The predicted octanol–water partition coefficient (Wildman–Crippen LogP) is 4.11. The molecule has 1 aromatic carbocycles. The van der Waals surface area contributed by atoms with E-state index in [1.807, 2.05) is 51.1 Å². The third-order valence-electron chi connectivity index (χ3n) is 4.16. The molecule has 0 fully saturated rings. The summed E-state index contributed by atoms with van der Waals surface area (Å²) in [4.78, 5) is 29.2. The van der Waals surface area contributed by atoms with E-state index >= 15 is 0 Å². The third kappa shape index (κ3) is 4.53. The number of nitrogens with zero attached hydrogens (tertiary/aromatic N) is 3. The number of fused-ring (bicyclic) bond motifs is 1. The second-order valence-corrected chi connectivity index (χ2v) is 6.97. The van der Waals surface area contributed by atoms with Crippen LogP contribution in [0.25, 0.3) is 16.7 Å². The van der Waals surface area contributed by atoms with Crippen LogP contribution in [0.4, 0.5) is 10.6 Å². The Bertz CT molecular complexity index is 1040. The summed E-state index contributed by atoms with van der Waals surface area (Å²) in [7, 11) is 0.